The first-order valence-corrected chi connectivity index (χ1v) is 6.06. The van der Waals surface area contributed by atoms with Crippen LogP contribution in [0.25, 0.3) is 0 Å². The van der Waals surface area contributed by atoms with E-state index in [1.165, 1.54) is 12.8 Å². The number of aliphatic imine (C=N–C) groups is 1. The molecule has 0 aromatic carbocycles. The van der Waals surface area contributed by atoms with Gasteiger partial charge in [0.15, 0.2) is 5.96 Å². The van der Waals surface area contributed by atoms with Crippen LogP contribution >= 0.6 is 24.0 Å². The van der Waals surface area contributed by atoms with Gasteiger partial charge in [-0.25, -0.2) is 0 Å². The zero-order chi connectivity index (χ0) is 12.0. The SMILES string of the molecule is C#CCNC(=NC)N1CCC(CC(C)C)C1.I. The number of hydrogen-bond donors (Lipinski definition) is 1. The lowest BCUT2D eigenvalue weighted by molar-refractivity contribution is 0.404. The summed E-state index contributed by atoms with van der Waals surface area (Å²) in [5.41, 5.74) is 0. The molecule has 4 heteroatoms. The average Bonchev–Trinajstić information content (AvgIpc) is 2.67. The summed E-state index contributed by atoms with van der Waals surface area (Å²) in [5, 5.41) is 3.17. The van der Waals surface area contributed by atoms with Gasteiger partial charge in [0.25, 0.3) is 0 Å². The van der Waals surface area contributed by atoms with Crippen molar-refractivity contribution in [1.82, 2.24) is 10.2 Å². The van der Waals surface area contributed by atoms with E-state index in [0.29, 0.717) is 6.54 Å². The van der Waals surface area contributed by atoms with E-state index in [1.54, 1.807) is 0 Å². The van der Waals surface area contributed by atoms with E-state index in [4.69, 9.17) is 6.42 Å². The second kappa shape index (κ2) is 8.62. The molecule has 0 aromatic heterocycles. The summed E-state index contributed by atoms with van der Waals surface area (Å²) < 4.78 is 0. The zero-order valence-corrected chi connectivity index (χ0v) is 13.4. The number of nitrogens with zero attached hydrogens (tertiary/aromatic N) is 2. The molecule has 1 rings (SSSR count). The maximum Gasteiger partial charge on any atom is 0.194 e. The molecule has 1 heterocycles. The monoisotopic (exact) mass is 349 g/mol. The number of nitrogens with one attached hydrogen (secondary N) is 1. The van der Waals surface area contributed by atoms with Crippen LogP contribution in [0.4, 0.5) is 0 Å². The van der Waals surface area contributed by atoms with Crippen LogP contribution in [0.3, 0.4) is 0 Å². The average molecular weight is 349 g/mol. The van der Waals surface area contributed by atoms with Crippen molar-refractivity contribution in [2.24, 2.45) is 16.8 Å². The van der Waals surface area contributed by atoms with Crippen molar-refractivity contribution in [2.45, 2.75) is 26.7 Å². The Labute approximate surface area is 122 Å². The summed E-state index contributed by atoms with van der Waals surface area (Å²) in [7, 11) is 1.81. The Morgan fingerprint density at radius 2 is 2.29 bits per heavy atom. The fraction of sp³-hybridized carbons (Fsp3) is 0.769. The maximum absolute atomic E-state index is 5.24. The lowest BCUT2D eigenvalue weighted by atomic mass is 9.97. The number of halogens is 1. The second-order valence-electron chi connectivity index (χ2n) is 4.84. The molecule has 98 valence electrons. The highest BCUT2D eigenvalue weighted by Crippen LogP contribution is 2.22. The number of hydrogen-bond acceptors (Lipinski definition) is 1. The highest BCUT2D eigenvalue weighted by Gasteiger charge is 2.24. The van der Waals surface area contributed by atoms with Crippen molar-refractivity contribution in [3.63, 3.8) is 0 Å². The molecule has 1 aliphatic rings. The lowest BCUT2D eigenvalue weighted by Gasteiger charge is -2.21. The fourth-order valence-corrected chi connectivity index (χ4v) is 2.35. The van der Waals surface area contributed by atoms with E-state index in [-0.39, 0.29) is 24.0 Å². The minimum absolute atomic E-state index is 0. The molecule has 1 fully saturated rings. The largest absolute Gasteiger partial charge is 0.345 e. The van der Waals surface area contributed by atoms with E-state index in [9.17, 15) is 0 Å². The molecule has 1 unspecified atom stereocenters. The van der Waals surface area contributed by atoms with Crippen LogP contribution in [0.2, 0.25) is 0 Å². The van der Waals surface area contributed by atoms with Crippen LogP contribution in [0.15, 0.2) is 4.99 Å². The number of terminal acetylenes is 1. The third-order valence-corrected chi connectivity index (χ3v) is 2.95. The predicted molar refractivity (Wildman–Crippen MR) is 84.7 cm³/mol. The Kier molecular flexibility index (Phi) is 8.40. The molecule has 0 aliphatic carbocycles. The molecular formula is C13H24IN3. The lowest BCUT2D eigenvalue weighted by Crippen LogP contribution is -2.40. The Morgan fingerprint density at radius 3 is 2.82 bits per heavy atom. The molecule has 0 amide bonds. The maximum atomic E-state index is 5.24. The predicted octanol–water partition coefficient (Wildman–Crippen LogP) is 2.18. The molecule has 0 spiro atoms. The normalized spacial score (nSPS) is 20.1. The van der Waals surface area contributed by atoms with Crippen molar-refractivity contribution in [3.8, 4) is 12.3 Å². The van der Waals surface area contributed by atoms with E-state index >= 15 is 0 Å². The molecule has 1 saturated heterocycles. The zero-order valence-electron chi connectivity index (χ0n) is 11.1. The first-order valence-electron chi connectivity index (χ1n) is 6.06. The van der Waals surface area contributed by atoms with Gasteiger partial charge in [0.1, 0.15) is 0 Å². The summed E-state index contributed by atoms with van der Waals surface area (Å²) in [6, 6.07) is 0. The molecular weight excluding hydrogens is 325 g/mol. The molecule has 17 heavy (non-hydrogen) atoms. The summed E-state index contributed by atoms with van der Waals surface area (Å²) in [5.74, 6) is 5.12. The van der Waals surface area contributed by atoms with Crippen LogP contribution < -0.4 is 5.32 Å². The van der Waals surface area contributed by atoms with Crippen LogP contribution in [-0.2, 0) is 0 Å². The quantitative estimate of drug-likeness (QED) is 0.366. The Balaban J connectivity index is 0.00000256. The Morgan fingerprint density at radius 1 is 1.59 bits per heavy atom. The van der Waals surface area contributed by atoms with E-state index in [1.807, 2.05) is 7.05 Å². The number of rotatable bonds is 3. The second-order valence-corrected chi connectivity index (χ2v) is 4.84. The van der Waals surface area contributed by atoms with Gasteiger partial charge < -0.3 is 10.2 Å². The third kappa shape index (κ3) is 5.62. The molecule has 0 aromatic rings. The number of guanidine groups is 1. The van der Waals surface area contributed by atoms with Gasteiger partial charge in [0, 0.05) is 20.1 Å². The smallest absolute Gasteiger partial charge is 0.194 e. The van der Waals surface area contributed by atoms with Crippen molar-refractivity contribution in [1.29, 1.82) is 0 Å². The Hall–Kier alpha value is -0.440. The van der Waals surface area contributed by atoms with Gasteiger partial charge in [-0.3, -0.25) is 4.99 Å². The molecule has 1 atom stereocenters. The van der Waals surface area contributed by atoms with Crippen LogP contribution in [0.1, 0.15) is 26.7 Å². The number of likely N-dealkylation sites (tertiary alicyclic amines) is 1. The summed E-state index contributed by atoms with van der Waals surface area (Å²) in [4.78, 5) is 6.57. The molecule has 0 radical (unpaired) electrons. The highest BCUT2D eigenvalue weighted by atomic mass is 127. The topological polar surface area (TPSA) is 27.6 Å². The van der Waals surface area contributed by atoms with Gasteiger partial charge in [0.2, 0.25) is 0 Å². The Bertz CT molecular complexity index is 281. The van der Waals surface area contributed by atoms with Crippen molar-refractivity contribution < 1.29 is 0 Å². The van der Waals surface area contributed by atoms with Crippen molar-refractivity contribution in [2.75, 3.05) is 26.7 Å². The summed E-state index contributed by atoms with van der Waals surface area (Å²) in [6.45, 7) is 7.34. The molecule has 1 N–H and O–H groups in total. The van der Waals surface area contributed by atoms with Crippen LogP contribution in [0.5, 0.6) is 0 Å². The van der Waals surface area contributed by atoms with Crippen molar-refractivity contribution in [3.05, 3.63) is 0 Å². The standard InChI is InChI=1S/C13H23N3.HI/c1-5-7-15-13(14-4)16-8-6-12(10-16)9-11(2)3;/h1,11-12H,6-10H2,2-4H3,(H,14,15);1H. The van der Waals surface area contributed by atoms with Gasteiger partial charge in [-0.2, -0.15) is 0 Å². The van der Waals surface area contributed by atoms with Crippen LogP contribution in [0, 0.1) is 24.2 Å². The van der Waals surface area contributed by atoms with Crippen LogP contribution in [-0.4, -0.2) is 37.5 Å². The van der Waals surface area contributed by atoms with Gasteiger partial charge in [0.05, 0.1) is 6.54 Å². The minimum Gasteiger partial charge on any atom is -0.345 e. The minimum atomic E-state index is 0. The first-order chi connectivity index (χ1) is 7.67. The molecule has 3 nitrogen and oxygen atoms in total. The summed E-state index contributed by atoms with van der Waals surface area (Å²) in [6.07, 6.45) is 7.82. The van der Waals surface area contributed by atoms with E-state index in [2.05, 4.69) is 35.0 Å². The molecule has 0 saturated carbocycles. The van der Waals surface area contributed by atoms with Crippen molar-refractivity contribution >= 4 is 29.9 Å². The van der Waals surface area contributed by atoms with Gasteiger partial charge in [-0.05, 0) is 24.7 Å². The van der Waals surface area contributed by atoms with E-state index in [0.717, 1.165) is 30.9 Å². The molecule has 1 aliphatic heterocycles. The fourth-order valence-electron chi connectivity index (χ4n) is 2.35. The summed E-state index contributed by atoms with van der Waals surface area (Å²) >= 11 is 0. The van der Waals surface area contributed by atoms with Gasteiger partial charge in [-0.15, -0.1) is 30.4 Å². The van der Waals surface area contributed by atoms with Gasteiger partial charge >= 0.3 is 0 Å². The highest BCUT2D eigenvalue weighted by molar-refractivity contribution is 14.0. The third-order valence-electron chi connectivity index (χ3n) is 2.95. The van der Waals surface area contributed by atoms with E-state index < -0.39 is 0 Å². The van der Waals surface area contributed by atoms with Gasteiger partial charge in [-0.1, -0.05) is 19.8 Å². The molecule has 0 bridgehead atoms. The first kappa shape index (κ1) is 16.6.